The molecular weight excluding hydrogens is 366 g/mol. The summed E-state index contributed by atoms with van der Waals surface area (Å²) >= 11 is 0. The number of piperidine rings is 1. The fourth-order valence-corrected chi connectivity index (χ4v) is 4.85. The Morgan fingerprint density at radius 1 is 1.03 bits per heavy atom. The molecule has 2 aromatic rings. The van der Waals surface area contributed by atoms with E-state index in [0.29, 0.717) is 24.6 Å². The van der Waals surface area contributed by atoms with E-state index in [-0.39, 0.29) is 17.5 Å². The smallest absolute Gasteiger partial charge is 0.263 e. The fourth-order valence-electron chi connectivity index (χ4n) is 4.85. The maximum atomic E-state index is 13.2. The standard InChI is InChI=1S/C22H29N5O2/c1-15-8-14-26(17-6-7-17)22(29)19(15)21(28)25-12-9-16(10-13-25)20-24-23-18-5-3-2-4-11-27(18)20/h8,14,16-17H,2-7,9-13H2,1H3. The molecule has 5 rings (SSSR count). The molecule has 0 atom stereocenters. The van der Waals surface area contributed by atoms with Crippen LogP contribution in [0, 0.1) is 6.92 Å². The van der Waals surface area contributed by atoms with Crippen molar-refractivity contribution < 1.29 is 4.79 Å². The minimum absolute atomic E-state index is 0.110. The van der Waals surface area contributed by atoms with E-state index < -0.39 is 0 Å². The van der Waals surface area contributed by atoms with Crippen molar-refractivity contribution in [3.05, 3.63) is 45.4 Å². The van der Waals surface area contributed by atoms with Crippen LogP contribution in [0.2, 0.25) is 0 Å². The van der Waals surface area contributed by atoms with Gasteiger partial charge in [0, 0.05) is 44.2 Å². The van der Waals surface area contributed by atoms with Gasteiger partial charge in [0.2, 0.25) is 0 Å². The van der Waals surface area contributed by atoms with Crippen LogP contribution in [0.5, 0.6) is 0 Å². The second-order valence-corrected chi connectivity index (χ2v) is 8.82. The predicted octanol–water partition coefficient (Wildman–Crippen LogP) is 2.83. The van der Waals surface area contributed by atoms with Gasteiger partial charge in [-0.15, -0.1) is 10.2 Å². The van der Waals surface area contributed by atoms with E-state index in [1.807, 2.05) is 24.1 Å². The van der Waals surface area contributed by atoms with Crippen molar-refractivity contribution in [1.82, 2.24) is 24.2 Å². The average molecular weight is 396 g/mol. The predicted molar refractivity (Wildman–Crippen MR) is 109 cm³/mol. The third kappa shape index (κ3) is 3.40. The number of pyridine rings is 1. The van der Waals surface area contributed by atoms with Crippen LogP contribution in [0.1, 0.15) is 84.5 Å². The first kappa shape index (κ1) is 18.6. The summed E-state index contributed by atoms with van der Waals surface area (Å²) in [4.78, 5) is 27.9. The van der Waals surface area contributed by atoms with Crippen LogP contribution in [0.3, 0.4) is 0 Å². The summed E-state index contributed by atoms with van der Waals surface area (Å²) in [6.45, 7) is 4.22. The van der Waals surface area contributed by atoms with E-state index in [2.05, 4.69) is 14.8 Å². The Morgan fingerprint density at radius 3 is 2.59 bits per heavy atom. The Balaban J connectivity index is 1.32. The first-order valence-corrected chi connectivity index (χ1v) is 11.1. The number of amides is 1. The molecule has 2 fully saturated rings. The van der Waals surface area contributed by atoms with Crippen molar-refractivity contribution in [3.63, 3.8) is 0 Å². The van der Waals surface area contributed by atoms with Gasteiger partial charge in [-0.1, -0.05) is 6.42 Å². The Labute approximate surface area is 170 Å². The molecule has 154 valence electrons. The molecule has 7 nitrogen and oxygen atoms in total. The number of carbonyl (C=O) groups is 1. The van der Waals surface area contributed by atoms with Crippen LogP contribution in [-0.4, -0.2) is 43.2 Å². The highest BCUT2D eigenvalue weighted by Gasteiger charge is 2.32. The number of hydrogen-bond donors (Lipinski definition) is 0. The second kappa shape index (κ2) is 7.43. The lowest BCUT2D eigenvalue weighted by Gasteiger charge is -2.32. The van der Waals surface area contributed by atoms with Crippen molar-refractivity contribution in [3.8, 4) is 0 Å². The number of rotatable bonds is 3. The van der Waals surface area contributed by atoms with E-state index in [1.54, 1.807) is 4.57 Å². The van der Waals surface area contributed by atoms with Crippen LogP contribution in [0.4, 0.5) is 0 Å². The van der Waals surface area contributed by atoms with Gasteiger partial charge in [-0.2, -0.15) is 0 Å². The molecule has 2 aliphatic heterocycles. The van der Waals surface area contributed by atoms with Gasteiger partial charge in [0.1, 0.15) is 17.2 Å². The van der Waals surface area contributed by atoms with E-state index >= 15 is 0 Å². The Bertz CT molecular complexity index is 980. The van der Waals surface area contributed by atoms with Gasteiger partial charge in [0.15, 0.2) is 0 Å². The van der Waals surface area contributed by atoms with Crippen molar-refractivity contribution in [1.29, 1.82) is 0 Å². The highest BCUT2D eigenvalue weighted by molar-refractivity contribution is 5.95. The molecule has 3 aliphatic rings. The number of aryl methyl sites for hydroxylation is 2. The molecule has 0 unspecified atom stereocenters. The molecule has 0 radical (unpaired) electrons. The first-order valence-electron chi connectivity index (χ1n) is 11.1. The molecule has 29 heavy (non-hydrogen) atoms. The van der Waals surface area contributed by atoms with Crippen LogP contribution in [-0.2, 0) is 13.0 Å². The normalized spacial score (nSPS) is 20.4. The molecule has 0 N–H and O–H groups in total. The van der Waals surface area contributed by atoms with Crippen molar-refractivity contribution in [2.45, 2.75) is 76.8 Å². The van der Waals surface area contributed by atoms with E-state index in [1.165, 1.54) is 19.3 Å². The minimum atomic E-state index is -0.123. The Kier molecular flexibility index (Phi) is 4.76. The highest BCUT2D eigenvalue weighted by Crippen LogP contribution is 2.34. The third-order valence-corrected chi connectivity index (χ3v) is 6.77. The van der Waals surface area contributed by atoms with Gasteiger partial charge in [-0.25, -0.2) is 0 Å². The van der Waals surface area contributed by atoms with Crippen molar-refractivity contribution in [2.75, 3.05) is 13.1 Å². The number of likely N-dealkylation sites (tertiary alicyclic amines) is 1. The number of carbonyl (C=O) groups excluding carboxylic acids is 1. The van der Waals surface area contributed by atoms with Crippen molar-refractivity contribution >= 4 is 5.91 Å². The molecule has 0 spiro atoms. The van der Waals surface area contributed by atoms with Crippen LogP contribution < -0.4 is 5.56 Å². The summed E-state index contributed by atoms with van der Waals surface area (Å²) in [6.07, 6.45) is 10.3. The minimum Gasteiger partial charge on any atom is -0.338 e. The monoisotopic (exact) mass is 395 g/mol. The number of aromatic nitrogens is 4. The zero-order chi connectivity index (χ0) is 20.0. The van der Waals surface area contributed by atoms with Gasteiger partial charge in [0.05, 0.1) is 0 Å². The largest absolute Gasteiger partial charge is 0.338 e. The summed E-state index contributed by atoms with van der Waals surface area (Å²) in [5, 5.41) is 8.95. The van der Waals surface area contributed by atoms with Gasteiger partial charge in [0.25, 0.3) is 11.5 Å². The zero-order valence-electron chi connectivity index (χ0n) is 17.1. The molecule has 7 heteroatoms. The number of nitrogens with zero attached hydrogens (tertiary/aromatic N) is 5. The van der Waals surface area contributed by atoms with E-state index in [9.17, 15) is 9.59 Å². The van der Waals surface area contributed by atoms with Crippen LogP contribution in [0.15, 0.2) is 17.1 Å². The Hall–Kier alpha value is -2.44. The lowest BCUT2D eigenvalue weighted by molar-refractivity contribution is 0.0707. The van der Waals surface area contributed by atoms with E-state index in [0.717, 1.165) is 55.9 Å². The third-order valence-electron chi connectivity index (χ3n) is 6.77. The lowest BCUT2D eigenvalue weighted by Crippen LogP contribution is -2.42. The molecule has 1 saturated heterocycles. The number of hydrogen-bond acceptors (Lipinski definition) is 4. The highest BCUT2D eigenvalue weighted by atomic mass is 16.2. The van der Waals surface area contributed by atoms with Crippen molar-refractivity contribution in [2.24, 2.45) is 0 Å². The molecule has 2 aromatic heterocycles. The quantitative estimate of drug-likeness (QED) is 0.801. The summed E-state index contributed by atoms with van der Waals surface area (Å²) < 4.78 is 4.07. The maximum absolute atomic E-state index is 13.2. The molecule has 1 saturated carbocycles. The van der Waals surface area contributed by atoms with Crippen LogP contribution in [0.25, 0.3) is 0 Å². The first-order chi connectivity index (χ1) is 14.1. The average Bonchev–Trinajstić information content (AvgIpc) is 3.53. The van der Waals surface area contributed by atoms with Gasteiger partial charge >= 0.3 is 0 Å². The molecular formula is C22H29N5O2. The Morgan fingerprint density at radius 2 is 1.83 bits per heavy atom. The molecule has 0 aromatic carbocycles. The topological polar surface area (TPSA) is 73.0 Å². The van der Waals surface area contributed by atoms with Gasteiger partial charge < -0.3 is 14.0 Å². The summed E-state index contributed by atoms with van der Waals surface area (Å²) in [7, 11) is 0. The molecule has 0 bridgehead atoms. The summed E-state index contributed by atoms with van der Waals surface area (Å²) in [5.74, 6) is 2.46. The zero-order valence-corrected chi connectivity index (χ0v) is 17.1. The van der Waals surface area contributed by atoms with Gasteiger partial charge in [-0.3, -0.25) is 9.59 Å². The summed E-state index contributed by atoms with van der Waals surface area (Å²) in [5.41, 5.74) is 1.01. The number of fused-ring (bicyclic) bond motifs is 1. The van der Waals surface area contributed by atoms with E-state index in [4.69, 9.17) is 0 Å². The molecule has 1 amide bonds. The second-order valence-electron chi connectivity index (χ2n) is 8.82. The van der Waals surface area contributed by atoms with Gasteiger partial charge in [-0.05, 0) is 57.1 Å². The fraction of sp³-hybridized carbons (Fsp3) is 0.636. The summed E-state index contributed by atoms with van der Waals surface area (Å²) in [6, 6.07) is 2.19. The molecule has 1 aliphatic carbocycles. The maximum Gasteiger partial charge on any atom is 0.263 e. The lowest BCUT2D eigenvalue weighted by atomic mass is 9.95. The molecule has 4 heterocycles. The van der Waals surface area contributed by atoms with Crippen LogP contribution >= 0.6 is 0 Å². The SMILES string of the molecule is Cc1ccn(C2CC2)c(=O)c1C(=O)N1CCC(c2nnc3n2CCCCC3)CC1.